The van der Waals surface area contributed by atoms with E-state index in [1.54, 1.807) is 29.3 Å². The molecular weight excluding hydrogens is 272 g/mol. The summed E-state index contributed by atoms with van der Waals surface area (Å²) in [5.74, 6) is 0. The number of halogens is 1. The standard InChI is InChI=1S/C11H11ClN4OS/c1-2-15(11(17)18)9-7-16(14-10(9)12)8-4-3-5-13-6-8/h3-7H,2H2,1H3,(H,17,18). The quantitative estimate of drug-likeness (QED) is 0.881. The summed E-state index contributed by atoms with van der Waals surface area (Å²) in [5, 5.41) is 4.03. The van der Waals surface area contributed by atoms with E-state index in [1.165, 1.54) is 4.90 Å². The Morgan fingerprint density at radius 1 is 1.61 bits per heavy atom. The smallest absolute Gasteiger partial charge is 0.283 e. The molecule has 0 bridgehead atoms. The van der Waals surface area contributed by atoms with Crippen molar-refractivity contribution in [2.75, 3.05) is 11.4 Å². The molecule has 94 valence electrons. The SMILES string of the molecule is CCN(C(=O)S)c1cn(-c2cccnc2)nc1Cl. The van der Waals surface area contributed by atoms with Gasteiger partial charge in [-0.2, -0.15) is 5.10 Å². The third-order valence-electron chi connectivity index (χ3n) is 2.40. The van der Waals surface area contributed by atoms with Crippen LogP contribution in [0.5, 0.6) is 0 Å². The second-order valence-corrected chi connectivity index (χ2v) is 4.23. The zero-order valence-corrected chi connectivity index (χ0v) is 11.3. The van der Waals surface area contributed by atoms with Gasteiger partial charge in [-0.05, 0) is 19.1 Å². The molecular formula is C11H11ClN4OS. The number of pyridine rings is 1. The first-order valence-corrected chi connectivity index (χ1v) is 6.12. The fourth-order valence-corrected chi connectivity index (χ4v) is 2.04. The summed E-state index contributed by atoms with van der Waals surface area (Å²) in [4.78, 5) is 16.8. The van der Waals surface area contributed by atoms with Crippen LogP contribution in [0.3, 0.4) is 0 Å². The van der Waals surface area contributed by atoms with Crippen LogP contribution >= 0.6 is 24.2 Å². The van der Waals surface area contributed by atoms with Crippen molar-refractivity contribution >= 4 is 35.2 Å². The van der Waals surface area contributed by atoms with Crippen molar-refractivity contribution < 1.29 is 4.79 Å². The molecule has 0 aliphatic rings. The molecule has 2 aromatic heterocycles. The largest absolute Gasteiger partial charge is 0.299 e. The van der Waals surface area contributed by atoms with Crippen molar-refractivity contribution in [1.29, 1.82) is 0 Å². The van der Waals surface area contributed by atoms with Crippen molar-refractivity contribution in [3.63, 3.8) is 0 Å². The number of carbonyl (C=O) groups excluding carboxylic acids is 1. The van der Waals surface area contributed by atoms with Gasteiger partial charge >= 0.3 is 0 Å². The molecule has 0 aliphatic heterocycles. The zero-order valence-electron chi connectivity index (χ0n) is 9.62. The highest BCUT2D eigenvalue weighted by atomic mass is 35.5. The second kappa shape index (κ2) is 5.41. The highest BCUT2D eigenvalue weighted by molar-refractivity contribution is 7.96. The van der Waals surface area contributed by atoms with Gasteiger partial charge in [0.1, 0.15) is 5.69 Å². The predicted octanol–water partition coefficient (Wildman–Crippen LogP) is 2.80. The van der Waals surface area contributed by atoms with Gasteiger partial charge in [-0.3, -0.25) is 14.7 Å². The molecule has 2 aromatic rings. The summed E-state index contributed by atoms with van der Waals surface area (Å²) < 4.78 is 1.57. The van der Waals surface area contributed by atoms with Crippen molar-refractivity contribution in [2.45, 2.75) is 6.92 Å². The van der Waals surface area contributed by atoms with Crippen LogP contribution in [0.2, 0.25) is 5.15 Å². The Morgan fingerprint density at radius 2 is 2.39 bits per heavy atom. The number of hydrogen-bond donors (Lipinski definition) is 1. The fraction of sp³-hybridized carbons (Fsp3) is 0.182. The number of anilines is 1. The summed E-state index contributed by atoms with van der Waals surface area (Å²) in [6.45, 7) is 2.31. The van der Waals surface area contributed by atoms with Gasteiger partial charge < -0.3 is 0 Å². The topological polar surface area (TPSA) is 51.0 Å². The van der Waals surface area contributed by atoms with Crippen molar-refractivity contribution in [2.24, 2.45) is 0 Å². The molecule has 18 heavy (non-hydrogen) atoms. The number of hydrogen-bond acceptors (Lipinski definition) is 3. The predicted molar refractivity (Wildman–Crippen MR) is 73.8 cm³/mol. The van der Waals surface area contributed by atoms with Gasteiger partial charge in [0.15, 0.2) is 5.15 Å². The lowest BCUT2D eigenvalue weighted by molar-refractivity contribution is 0.265. The number of aromatic nitrogens is 3. The molecule has 0 N–H and O–H groups in total. The van der Waals surface area contributed by atoms with Gasteiger partial charge in [-0.25, -0.2) is 4.68 Å². The van der Waals surface area contributed by atoms with Crippen LogP contribution in [-0.2, 0) is 0 Å². The van der Waals surface area contributed by atoms with Crippen molar-refractivity contribution in [3.8, 4) is 5.69 Å². The number of nitrogens with zero attached hydrogens (tertiary/aromatic N) is 4. The van der Waals surface area contributed by atoms with Crippen LogP contribution < -0.4 is 4.90 Å². The number of rotatable bonds is 3. The lowest BCUT2D eigenvalue weighted by Gasteiger charge is -2.15. The molecule has 0 saturated carbocycles. The van der Waals surface area contributed by atoms with Crippen LogP contribution in [0.4, 0.5) is 10.5 Å². The Bertz CT molecular complexity index is 557. The minimum atomic E-state index is -0.370. The average Bonchev–Trinajstić information content (AvgIpc) is 2.73. The molecule has 1 amide bonds. The summed E-state index contributed by atoms with van der Waals surface area (Å²) in [7, 11) is 0. The number of amides is 1. The summed E-state index contributed by atoms with van der Waals surface area (Å²) in [6, 6.07) is 3.64. The first kappa shape index (κ1) is 12.9. The van der Waals surface area contributed by atoms with Crippen LogP contribution in [0, 0.1) is 0 Å². The highest BCUT2D eigenvalue weighted by Crippen LogP contribution is 2.26. The molecule has 0 radical (unpaired) electrons. The normalized spacial score (nSPS) is 10.4. The molecule has 5 nitrogen and oxygen atoms in total. The van der Waals surface area contributed by atoms with Crippen molar-refractivity contribution in [1.82, 2.24) is 14.8 Å². The summed E-state index contributed by atoms with van der Waals surface area (Å²) in [6.07, 6.45) is 5.01. The Labute approximate surface area is 115 Å². The minimum absolute atomic E-state index is 0.253. The van der Waals surface area contributed by atoms with Gasteiger partial charge in [-0.1, -0.05) is 24.2 Å². The van der Waals surface area contributed by atoms with E-state index in [9.17, 15) is 4.79 Å². The fourth-order valence-electron chi connectivity index (χ4n) is 1.56. The van der Waals surface area contributed by atoms with E-state index in [2.05, 4.69) is 22.7 Å². The lowest BCUT2D eigenvalue weighted by Crippen LogP contribution is -2.25. The molecule has 2 rings (SSSR count). The first-order chi connectivity index (χ1) is 8.63. The van der Waals surface area contributed by atoms with E-state index < -0.39 is 0 Å². The zero-order chi connectivity index (χ0) is 13.1. The molecule has 0 atom stereocenters. The molecule has 0 spiro atoms. The third-order valence-corrected chi connectivity index (χ3v) is 2.91. The summed E-state index contributed by atoms with van der Waals surface area (Å²) >= 11 is 9.84. The van der Waals surface area contributed by atoms with E-state index >= 15 is 0 Å². The molecule has 7 heteroatoms. The van der Waals surface area contributed by atoms with Crippen LogP contribution in [0.15, 0.2) is 30.7 Å². The van der Waals surface area contributed by atoms with E-state index in [1.807, 2.05) is 13.0 Å². The average molecular weight is 283 g/mol. The second-order valence-electron chi connectivity index (χ2n) is 3.49. The maximum atomic E-state index is 11.4. The molecule has 0 aromatic carbocycles. The molecule has 0 aliphatic carbocycles. The minimum Gasteiger partial charge on any atom is -0.299 e. The highest BCUT2D eigenvalue weighted by Gasteiger charge is 2.17. The van der Waals surface area contributed by atoms with Gasteiger partial charge in [0.2, 0.25) is 0 Å². The van der Waals surface area contributed by atoms with Gasteiger partial charge in [0.25, 0.3) is 5.24 Å². The van der Waals surface area contributed by atoms with Crippen LogP contribution in [0.25, 0.3) is 5.69 Å². The molecule has 0 unspecified atom stereocenters. The van der Waals surface area contributed by atoms with E-state index in [0.717, 1.165) is 5.69 Å². The Hall–Kier alpha value is -1.53. The molecule has 0 fully saturated rings. The monoisotopic (exact) mass is 282 g/mol. The molecule has 0 saturated heterocycles. The number of carbonyl (C=O) groups is 1. The van der Waals surface area contributed by atoms with Crippen LogP contribution in [-0.4, -0.2) is 26.5 Å². The Kier molecular flexibility index (Phi) is 3.88. The Balaban J connectivity index is 2.41. The lowest BCUT2D eigenvalue weighted by atomic mass is 10.4. The Morgan fingerprint density at radius 3 is 2.94 bits per heavy atom. The maximum Gasteiger partial charge on any atom is 0.283 e. The first-order valence-electron chi connectivity index (χ1n) is 5.29. The van der Waals surface area contributed by atoms with E-state index in [4.69, 9.17) is 11.6 Å². The van der Waals surface area contributed by atoms with Gasteiger partial charge in [0.05, 0.1) is 18.1 Å². The van der Waals surface area contributed by atoms with Crippen LogP contribution in [0.1, 0.15) is 6.92 Å². The number of thiol groups is 1. The third kappa shape index (κ3) is 2.49. The van der Waals surface area contributed by atoms with Gasteiger partial charge in [0, 0.05) is 12.7 Å². The van der Waals surface area contributed by atoms with E-state index in [0.29, 0.717) is 12.2 Å². The van der Waals surface area contributed by atoms with Gasteiger partial charge in [-0.15, -0.1) is 0 Å². The van der Waals surface area contributed by atoms with Crippen molar-refractivity contribution in [3.05, 3.63) is 35.9 Å². The van der Waals surface area contributed by atoms with E-state index in [-0.39, 0.29) is 10.4 Å². The molecule has 2 heterocycles. The maximum absolute atomic E-state index is 11.4. The summed E-state index contributed by atoms with van der Waals surface area (Å²) in [5.41, 5.74) is 1.30.